The average molecular weight is 525 g/mol. The molecule has 0 saturated carbocycles. The van der Waals surface area contributed by atoms with E-state index in [0.29, 0.717) is 24.2 Å². The number of amides is 2. The molecule has 1 heterocycles. The van der Waals surface area contributed by atoms with E-state index in [9.17, 15) is 14.4 Å². The van der Waals surface area contributed by atoms with Crippen LogP contribution < -0.4 is 5.32 Å². The Morgan fingerprint density at radius 3 is 2.24 bits per heavy atom. The molecular formula is C29H40N2O5Si. The van der Waals surface area contributed by atoms with Crippen molar-refractivity contribution in [3.8, 4) is 11.1 Å². The average Bonchev–Trinajstić information content (AvgIpc) is 3.21. The molecule has 1 aliphatic heterocycles. The molecule has 0 radical (unpaired) electrons. The summed E-state index contributed by atoms with van der Waals surface area (Å²) in [6, 6.07) is 14.0. The van der Waals surface area contributed by atoms with Gasteiger partial charge in [-0.15, -0.1) is 0 Å². The molecule has 1 fully saturated rings. The predicted molar refractivity (Wildman–Crippen MR) is 149 cm³/mol. The van der Waals surface area contributed by atoms with Crippen molar-refractivity contribution in [3.63, 3.8) is 0 Å². The standard InChI is InChI=1S/C29H40N2O5Si/c1-28(2,3)35-27(34)31-18-23(36-37(7,8)29(4,5)6)17-25(31)26(33)30-22-15-14-21(19-32)24(16-22)20-12-10-9-11-13-20/h9-16,19,23,25H,17-18H2,1-8H3,(H,30,33)/t23?,25-/m1/s1. The third-order valence-electron chi connectivity index (χ3n) is 6.99. The second kappa shape index (κ2) is 10.8. The number of nitrogens with one attached hydrogen (secondary N) is 1. The van der Waals surface area contributed by atoms with E-state index in [2.05, 4.69) is 39.2 Å². The van der Waals surface area contributed by atoms with Crippen LogP contribution in [-0.2, 0) is 14.0 Å². The molecule has 7 nitrogen and oxygen atoms in total. The van der Waals surface area contributed by atoms with Gasteiger partial charge in [0.2, 0.25) is 5.91 Å². The zero-order valence-electron chi connectivity index (χ0n) is 23.3. The lowest BCUT2D eigenvalue weighted by molar-refractivity contribution is -0.120. The van der Waals surface area contributed by atoms with E-state index in [0.717, 1.165) is 17.4 Å². The molecule has 37 heavy (non-hydrogen) atoms. The van der Waals surface area contributed by atoms with E-state index in [1.54, 1.807) is 39.0 Å². The summed E-state index contributed by atoms with van der Waals surface area (Å²) in [7, 11) is -2.12. The van der Waals surface area contributed by atoms with Crippen molar-refractivity contribution in [1.29, 1.82) is 0 Å². The molecular weight excluding hydrogens is 484 g/mol. The van der Waals surface area contributed by atoms with Crippen molar-refractivity contribution in [2.45, 2.75) is 83.8 Å². The summed E-state index contributed by atoms with van der Waals surface area (Å²) in [5.41, 5.74) is 1.99. The molecule has 2 aromatic rings. The molecule has 0 aliphatic carbocycles. The fourth-order valence-corrected chi connectivity index (χ4v) is 5.43. The van der Waals surface area contributed by atoms with Crippen molar-refractivity contribution < 1.29 is 23.5 Å². The van der Waals surface area contributed by atoms with E-state index in [1.807, 2.05) is 30.3 Å². The molecule has 1 unspecified atom stereocenters. The summed E-state index contributed by atoms with van der Waals surface area (Å²) >= 11 is 0. The van der Waals surface area contributed by atoms with Crippen molar-refractivity contribution in [2.24, 2.45) is 0 Å². The highest BCUT2D eigenvalue weighted by molar-refractivity contribution is 6.74. The molecule has 2 amide bonds. The quantitative estimate of drug-likeness (QED) is 0.344. The number of anilines is 1. The lowest BCUT2D eigenvalue weighted by atomic mass is 9.99. The van der Waals surface area contributed by atoms with Gasteiger partial charge in [-0.2, -0.15) is 0 Å². The van der Waals surface area contributed by atoms with E-state index >= 15 is 0 Å². The molecule has 1 aliphatic rings. The Hall–Kier alpha value is -2.97. The number of ether oxygens (including phenoxy) is 1. The summed E-state index contributed by atoms with van der Waals surface area (Å²) < 4.78 is 12.2. The second-order valence-electron chi connectivity index (χ2n) is 12.2. The third kappa shape index (κ3) is 7.08. The van der Waals surface area contributed by atoms with Crippen LogP contribution in [0.5, 0.6) is 0 Å². The van der Waals surface area contributed by atoms with Crippen LogP contribution in [0, 0.1) is 0 Å². The molecule has 0 bridgehead atoms. The fourth-order valence-electron chi connectivity index (χ4n) is 4.08. The monoisotopic (exact) mass is 524 g/mol. The smallest absolute Gasteiger partial charge is 0.411 e. The number of hydrogen-bond acceptors (Lipinski definition) is 5. The number of likely N-dealkylation sites (tertiary alicyclic amines) is 1. The van der Waals surface area contributed by atoms with Crippen molar-refractivity contribution in [2.75, 3.05) is 11.9 Å². The van der Waals surface area contributed by atoms with Gasteiger partial charge in [-0.3, -0.25) is 14.5 Å². The Balaban J connectivity index is 1.86. The van der Waals surface area contributed by atoms with Crippen molar-refractivity contribution in [1.82, 2.24) is 4.90 Å². The Labute approximate surface area is 221 Å². The van der Waals surface area contributed by atoms with Gasteiger partial charge in [0, 0.05) is 24.2 Å². The van der Waals surface area contributed by atoms with Gasteiger partial charge in [0.05, 0.1) is 6.10 Å². The Bertz CT molecular complexity index is 1140. The molecule has 2 atom stereocenters. The van der Waals surface area contributed by atoms with E-state index in [4.69, 9.17) is 9.16 Å². The predicted octanol–water partition coefficient (Wildman–Crippen LogP) is 6.50. The van der Waals surface area contributed by atoms with Crippen LogP contribution >= 0.6 is 0 Å². The van der Waals surface area contributed by atoms with Crippen molar-refractivity contribution in [3.05, 3.63) is 54.1 Å². The van der Waals surface area contributed by atoms with E-state index in [-0.39, 0.29) is 17.0 Å². The topological polar surface area (TPSA) is 84.9 Å². The maximum atomic E-state index is 13.5. The third-order valence-corrected chi connectivity index (χ3v) is 11.5. The molecule has 1 saturated heterocycles. The number of nitrogens with zero attached hydrogens (tertiary/aromatic N) is 1. The number of carbonyl (C=O) groups excluding carboxylic acids is 3. The van der Waals surface area contributed by atoms with E-state index < -0.39 is 26.1 Å². The molecule has 0 aromatic heterocycles. The molecule has 8 heteroatoms. The number of benzene rings is 2. The van der Waals surface area contributed by atoms with Crippen LogP contribution in [0.3, 0.4) is 0 Å². The number of carbonyl (C=O) groups is 3. The summed E-state index contributed by atoms with van der Waals surface area (Å²) in [4.78, 5) is 39.8. The van der Waals surface area contributed by atoms with Gasteiger partial charge in [-0.25, -0.2) is 4.79 Å². The Kier molecular flexibility index (Phi) is 8.34. The van der Waals surface area contributed by atoms with Gasteiger partial charge < -0.3 is 14.5 Å². The number of rotatable bonds is 6. The highest BCUT2D eigenvalue weighted by Gasteiger charge is 2.46. The summed E-state index contributed by atoms with van der Waals surface area (Å²) in [6.45, 7) is 16.5. The van der Waals surface area contributed by atoms with E-state index in [1.165, 1.54) is 4.90 Å². The van der Waals surface area contributed by atoms with Crippen LogP contribution in [0.25, 0.3) is 11.1 Å². The molecule has 200 valence electrons. The minimum atomic E-state index is -2.12. The fraction of sp³-hybridized carbons (Fsp3) is 0.483. The van der Waals surface area contributed by atoms with Gasteiger partial charge in [0.1, 0.15) is 11.6 Å². The Morgan fingerprint density at radius 1 is 1.03 bits per heavy atom. The summed E-state index contributed by atoms with van der Waals surface area (Å²) in [5.74, 6) is -0.315. The minimum Gasteiger partial charge on any atom is -0.444 e. The zero-order chi connectivity index (χ0) is 27.6. The lowest BCUT2D eigenvalue weighted by Gasteiger charge is -2.38. The highest BCUT2D eigenvalue weighted by Crippen LogP contribution is 2.39. The number of hydrogen-bond donors (Lipinski definition) is 1. The minimum absolute atomic E-state index is 0.00173. The highest BCUT2D eigenvalue weighted by atomic mass is 28.4. The lowest BCUT2D eigenvalue weighted by Crippen LogP contribution is -2.46. The van der Waals surface area contributed by atoms with Crippen LogP contribution in [0.1, 0.15) is 58.3 Å². The first-order valence-electron chi connectivity index (χ1n) is 12.7. The molecule has 0 spiro atoms. The largest absolute Gasteiger partial charge is 0.444 e. The molecule has 3 rings (SSSR count). The van der Waals surface area contributed by atoms with Gasteiger partial charge in [0.25, 0.3) is 0 Å². The first-order chi connectivity index (χ1) is 17.1. The molecule has 2 aromatic carbocycles. The van der Waals surface area contributed by atoms with Gasteiger partial charge >= 0.3 is 6.09 Å². The van der Waals surface area contributed by atoms with Crippen LogP contribution in [0.2, 0.25) is 18.1 Å². The van der Waals surface area contributed by atoms with Gasteiger partial charge in [-0.1, -0.05) is 51.1 Å². The van der Waals surface area contributed by atoms with Crippen LogP contribution in [-0.4, -0.2) is 55.8 Å². The van der Waals surface area contributed by atoms with Crippen LogP contribution in [0.4, 0.5) is 10.5 Å². The SMILES string of the molecule is CC(C)(C)OC(=O)N1CC(O[Si](C)(C)C(C)(C)C)C[C@@H]1C(=O)Nc1ccc(C=O)c(-c2ccccc2)c1. The summed E-state index contributed by atoms with van der Waals surface area (Å²) in [6.07, 6.45) is 0.393. The number of aldehydes is 1. The normalized spacial score (nSPS) is 18.4. The van der Waals surface area contributed by atoms with Crippen LogP contribution in [0.15, 0.2) is 48.5 Å². The first-order valence-corrected chi connectivity index (χ1v) is 15.6. The summed E-state index contributed by atoms with van der Waals surface area (Å²) in [5, 5.41) is 2.96. The van der Waals surface area contributed by atoms with Crippen molar-refractivity contribution >= 4 is 32.3 Å². The van der Waals surface area contributed by atoms with Gasteiger partial charge in [-0.05, 0) is 68.2 Å². The second-order valence-corrected chi connectivity index (χ2v) is 16.9. The Morgan fingerprint density at radius 2 is 1.68 bits per heavy atom. The maximum absolute atomic E-state index is 13.5. The molecule has 1 N–H and O–H groups in total. The zero-order valence-corrected chi connectivity index (χ0v) is 24.3. The van der Waals surface area contributed by atoms with Gasteiger partial charge in [0.15, 0.2) is 14.6 Å². The maximum Gasteiger partial charge on any atom is 0.411 e. The first kappa shape index (κ1) is 28.6.